The van der Waals surface area contributed by atoms with Crippen molar-refractivity contribution < 1.29 is 4.79 Å². The van der Waals surface area contributed by atoms with Gasteiger partial charge in [-0.2, -0.15) is 0 Å². The summed E-state index contributed by atoms with van der Waals surface area (Å²) in [4.78, 5) is 10.4. The van der Waals surface area contributed by atoms with Crippen LogP contribution >= 0.6 is 0 Å². The summed E-state index contributed by atoms with van der Waals surface area (Å²) in [6, 6.07) is 0. The predicted octanol–water partition coefficient (Wildman–Crippen LogP) is 0.620. The summed E-state index contributed by atoms with van der Waals surface area (Å²) in [7, 11) is 0. The molecule has 0 aromatic heterocycles. The number of carbonyl (C=O) groups is 1. The van der Waals surface area contributed by atoms with Crippen molar-refractivity contribution in [2.45, 2.75) is 45.6 Å². The van der Waals surface area contributed by atoms with Crippen molar-refractivity contribution in [1.29, 1.82) is 0 Å². The van der Waals surface area contributed by atoms with Gasteiger partial charge in [0.15, 0.2) is 0 Å². The van der Waals surface area contributed by atoms with Gasteiger partial charge in [-0.05, 0) is 40.2 Å². The second-order valence-corrected chi connectivity index (χ2v) is 4.85. The lowest BCUT2D eigenvalue weighted by Gasteiger charge is -2.20. The standard InChI is InChI=1S/C11H25N3O/c1-11(2,3)14-9-8-13-7-5-4-6-10(12)15/h13-14H,4-9H2,1-3H3,(H2,12,15). The van der Waals surface area contributed by atoms with Gasteiger partial charge in [0, 0.05) is 25.0 Å². The number of hydrogen-bond acceptors (Lipinski definition) is 3. The Bertz CT molecular complexity index is 175. The molecule has 4 N–H and O–H groups in total. The monoisotopic (exact) mass is 215 g/mol. The first kappa shape index (κ1) is 14.4. The highest BCUT2D eigenvalue weighted by atomic mass is 16.1. The minimum Gasteiger partial charge on any atom is -0.370 e. The molecule has 0 saturated carbocycles. The number of nitrogens with one attached hydrogen (secondary N) is 2. The average molecular weight is 215 g/mol. The van der Waals surface area contributed by atoms with E-state index in [0.29, 0.717) is 6.42 Å². The Kier molecular flexibility index (Phi) is 7.34. The number of hydrogen-bond donors (Lipinski definition) is 3. The molecule has 90 valence electrons. The van der Waals surface area contributed by atoms with E-state index in [2.05, 4.69) is 31.4 Å². The molecular formula is C11H25N3O. The summed E-state index contributed by atoms with van der Waals surface area (Å²) in [6.07, 6.45) is 2.40. The predicted molar refractivity (Wildman–Crippen MR) is 63.7 cm³/mol. The van der Waals surface area contributed by atoms with Gasteiger partial charge in [0.2, 0.25) is 5.91 Å². The fourth-order valence-corrected chi connectivity index (χ4v) is 1.20. The van der Waals surface area contributed by atoms with E-state index in [4.69, 9.17) is 5.73 Å². The average Bonchev–Trinajstić information content (AvgIpc) is 2.07. The van der Waals surface area contributed by atoms with Crippen LogP contribution in [-0.2, 0) is 4.79 Å². The van der Waals surface area contributed by atoms with E-state index in [1.807, 2.05) is 0 Å². The molecule has 0 bridgehead atoms. The van der Waals surface area contributed by atoms with Crippen LogP contribution in [0.4, 0.5) is 0 Å². The normalized spacial score (nSPS) is 11.7. The number of carbonyl (C=O) groups excluding carboxylic acids is 1. The van der Waals surface area contributed by atoms with E-state index in [1.165, 1.54) is 0 Å². The first-order valence-electron chi connectivity index (χ1n) is 5.66. The summed E-state index contributed by atoms with van der Waals surface area (Å²) >= 11 is 0. The molecule has 0 aromatic rings. The number of unbranched alkanes of at least 4 members (excludes halogenated alkanes) is 1. The topological polar surface area (TPSA) is 67.2 Å². The van der Waals surface area contributed by atoms with Gasteiger partial charge in [-0.3, -0.25) is 4.79 Å². The number of rotatable bonds is 8. The Hall–Kier alpha value is -0.610. The zero-order valence-corrected chi connectivity index (χ0v) is 10.2. The van der Waals surface area contributed by atoms with Crippen LogP contribution in [0.1, 0.15) is 40.0 Å². The van der Waals surface area contributed by atoms with Gasteiger partial charge in [-0.15, -0.1) is 0 Å². The lowest BCUT2D eigenvalue weighted by Crippen LogP contribution is -2.40. The van der Waals surface area contributed by atoms with Gasteiger partial charge in [0.05, 0.1) is 0 Å². The summed E-state index contributed by atoms with van der Waals surface area (Å²) in [5.74, 6) is -0.204. The van der Waals surface area contributed by atoms with Gasteiger partial charge in [0.25, 0.3) is 0 Å². The maximum absolute atomic E-state index is 10.4. The number of amides is 1. The highest BCUT2D eigenvalue weighted by molar-refractivity contribution is 5.73. The number of primary amides is 1. The van der Waals surface area contributed by atoms with Crippen LogP contribution in [0.15, 0.2) is 0 Å². The molecule has 0 aliphatic rings. The van der Waals surface area contributed by atoms with Crippen LogP contribution in [0, 0.1) is 0 Å². The van der Waals surface area contributed by atoms with Gasteiger partial charge < -0.3 is 16.4 Å². The first-order chi connectivity index (χ1) is 6.92. The fraction of sp³-hybridized carbons (Fsp3) is 0.909. The zero-order chi connectivity index (χ0) is 11.7. The maximum Gasteiger partial charge on any atom is 0.217 e. The van der Waals surface area contributed by atoms with Crippen LogP contribution < -0.4 is 16.4 Å². The third-order valence-corrected chi connectivity index (χ3v) is 1.98. The smallest absolute Gasteiger partial charge is 0.217 e. The Morgan fingerprint density at radius 3 is 2.33 bits per heavy atom. The third kappa shape index (κ3) is 13.4. The van der Waals surface area contributed by atoms with E-state index >= 15 is 0 Å². The molecular weight excluding hydrogens is 190 g/mol. The van der Waals surface area contributed by atoms with Crippen molar-refractivity contribution in [3.05, 3.63) is 0 Å². The molecule has 0 radical (unpaired) electrons. The molecule has 0 atom stereocenters. The summed E-state index contributed by atoms with van der Waals surface area (Å²) < 4.78 is 0. The van der Waals surface area contributed by atoms with E-state index in [-0.39, 0.29) is 11.4 Å². The SMILES string of the molecule is CC(C)(C)NCCNCCCCC(N)=O. The minimum absolute atomic E-state index is 0.188. The van der Waals surface area contributed by atoms with Gasteiger partial charge >= 0.3 is 0 Å². The minimum atomic E-state index is -0.204. The molecule has 15 heavy (non-hydrogen) atoms. The Morgan fingerprint density at radius 2 is 1.80 bits per heavy atom. The molecule has 4 heteroatoms. The molecule has 0 heterocycles. The van der Waals surface area contributed by atoms with Gasteiger partial charge in [0.1, 0.15) is 0 Å². The maximum atomic E-state index is 10.4. The van der Waals surface area contributed by atoms with Gasteiger partial charge in [-0.1, -0.05) is 0 Å². The van der Waals surface area contributed by atoms with Crippen LogP contribution in [0.5, 0.6) is 0 Å². The van der Waals surface area contributed by atoms with Crippen LogP contribution in [0.3, 0.4) is 0 Å². The second-order valence-electron chi connectivity index (χ2n) is 4.85. The summed E-state index contributed by atoms with van der Waals surface area (Å²) in [5, 5.41) is 6.71. The van der Waals surface area contributed by atoms with Crippen molar-refractivity contribution >= 4 is 5.91 Å². The highest BCUT2D eigenvalue weighted by Crippen LogP contribution is 1.96. The summed E-state index contributed by atoms with van der Waals surface area (Å²) in [5.41, 5.74) is 5.22. The quantitative estimate of drug-likeness (QED) is 0.520. The summed E-state index contributed by atoms with van der Waals surface area (Å²) in [6.45, 7) is 9.35. The van der Waals surface area contributed by atoms with Crippen molar-refractivity contribution in [2.24, 2.45) is 5.73 Å². The Balaban J connectivity index is 3.09. The molecule has 0 fully saturated rings. The number of nitrogens with two attached hydrogens (primary N) is 1. The zero-order valence-electron chi connectivity index (χ0n) is 10.2. The largest absolute Gasteiger partial charge is 0.370 e. The van der Waals surface area contributed by atoms with Crippen LogP contribution in [-0.4, -0.2) is 31.1 Å². The molecule has 0 aromatic carbocycles. The molecule has 0 saturated heterocycles. The van der Waals surface area contributed by atoms with Crippen molar-refractivity contribution in [3.8, 4) is 0 Å². The second kappa shape index (κ2) is 7.65. The molecule has 0 spiro atoms. The molecule has 0 rings (SSSR count). The van der Waals surface area contributed by atoms with Crippen molar-refractivity contribution in [3.63, 3.8) is 0 Å². The first-order valence-corrected chi connectivity index (χ1v) is 5.66. The van der Waals surface area contributed by atoms with Crippen LogP contribution in [0.2, 0.25) is 0 Å². The molecule has 0 aliphatic heterocycles. The Labute approximate surface area is 93.0 Å². The lowest BCUT2D eigenvalue weighted by molar-refractivity contribution is -0.118. The van der Waals surface area contributed by atoms with Crippen molar-refractivity contribution in [2.75, 3.05) is 19.6 Å². The van der Waals surface area contributed by atoms with E-state index in [0.717, 1.165) is 32.5 Å². The fourth-order valence-electron chi connectivity index (χ4n) is 1.20. The Morgan fingerprint density at radius 1 is 1.13 bits per heavy atom. The van der Waals surface area contributed by atoms with E-state index in [9.17, 15) is 4.79 Å². The third-order valence-electron chi connectivity index (χ3n) is 1.98. The van der Waals surface area contributed by atoms with Crippen molar-refractivity contribution in [1.82, 2.24) is 10.6 Å². The molecule has 0 unspecified atom stereocenters. The highest BCUT2D eigenvalue weighted by Gasteiger charge is 2.06. The van der Waals surface area contributed by atoms with Crippen LogP contribution in [0.25, 0.3) is 0 Å². The molecule has 1 amide bonds. The van der Waals surface area contributed by atoms with E-state index < -0.39 is 0 Å². The lowest BCUT2D eigenvalue weighted by atomic mass is 10.1. The van der Waals surface area contributed by atoms with Gasteiger partial charge in [-0.25, -0.2) is 0 Å². The molecule has 0 aliphatic carbocycles. The molecule has 4 nitrogen and oxygen atoms in total. The van der Waals surface area contributed by atoms with E-state index in [1.54, 1.807) is 0 Å².